The molecule has 1 atom stereocenters. The highest BCUT2D eigenvalue weighted by atomic mass is 79.9. The first kappa shape index (κ1) is 15.6. The molecular formula is C13H16Br2N2O3. The van der Waals surface area contributed by atoms with Crippen LogP contribution in [0, 0.1) is 0 Å². The first-order valence-electron chi connectivity index (χ1n) is 6.54. The Labute approximate surface area is 134 Å². The summed E-state index contributed by atoms with van der Waals surface area (Å²) in [6.07, 6.45) is 2.11. The van der Waals surface area contributed by atoms with E-state index in [9.17, 15) is 9.59 Å². The van der Waals surface area contributed by atoms with Crippen molar-refractivity contribution in [1.29, 1.82) is 0 Å². The van der Waals surface area contributed by atoms with Crippen LogP contribution < -0.4 is 5.32 Å². The zero-order chi connectivity index (χ0) is 14.7. The third-order valence-electron chi connectivity index (χ3n) is 3.19. The number of amides is 1. The van der Waals surface area contributed by atoms with Crippen LogP contribution in [-0.4, -0.2) is 29.6 Å². The smallest absolute Gasteiger partial charge is 0.307 e. The molecule has 1 aliphatic heterocycles. The third-order valence-corrected chi connectivity index (χ3v) is 5.14. The quantitative estimate of drug-likeness (QED) is 0.602. The second-order valence-electron chi connectivity index (χ2n) is 4.68. The predicted molar refractivity (Wildman–Crippen MR) is 81.7 cm³/mol. The molecule has 0 fully saturated rings. The molecule has 1 amide bonds. The first-order valence-corrected chi connectivity index (χ1v) is 8.13. The van der Waals surface area contributed by atoms with Crippen molar-refractivity contribution in [3.05, 3.63) is 20.8 Å². The molecule has 1 N–H and O–H groups in total. The summed E-state index contributed by atoms with van der Waals surface area (Å²) in [4.78, 5) is 23.6. The summed E-state index contributed by atoms with van der Waals surface area (Å²) >= 11 is 6.83. The Morgan fingerprint density at radius 2 is 2.30 bits per heavy atom. The molecule has 1 aromatic rings. The molecule has 2 heterocycles. The van der Waals surface area contributed by atoms with Gasteiger partial charge in [0.15, 0.2) is 0 Å². The maximum atomic E-state index is 11.8. The van der Waals surface area contributed by atoms with E-state index >= 15 is 0 Å². The van der Waals surface area contributed by atoms with Gasteiger partial charge in [-0.3, -0.25) is 9.59 Å². The number of hydrogen-bond acceptors (Lipinski definition) is 3. The van der Waals surface area contributed by atoms with Crippen LogP contribution in [0.3, 0.4) is 0 Å². The highest BCUT2D eigenvalue weighted by Crippen LogP contribution is 2.33. The van der Waals surface area contributed by atoms with E-state index in [-0.39, 0.29) is 24.3 Å². The number of rotatable bonds is 5. The van der Waals surface area contributed by atoms with Crippen LogP contribution in [0.25, 0.3) is 0 Å². The Morgan fingerprint density at radius 1 is 1.55 bits per heavy atom. The average molecular weight is 408 g/mol. The Kier molecular flexibility index (Phi) is 5.26. The van der Waals surface area contributed by atoms with Crippen LogP contribution in [0.4, 0.5) is 0 Å². The van der Waals surface area contributed by atoms with Gasteiger partial charge in [0.2, 0.25) is 0 Å². The van der Waals surface area contributed by atoms with Gasteiger partial charge in [-0.2, -0.15) is 0 Å². The second-order valence-corrected chi connectivity index (χ2v) is 6.29. The molecule has 1 aromatic heterocycles. The van der Waals surface area contributed by atoms with E-state index in [0.29, 0.717) is 18.8 Å². The van der Waals surface area contributed by atoms with Crippen molar-refractivity contribution in [2.75, 3.05) is 13.2 Å². The normalized spacial score (nSPS) is 17.6. The molecule has 0 saturated heterocycles. The van der Waals surface area contributed by atoms with Crippen LogP contribution in [-0.2, 0) is 9.53 Å². The minimum atomic E-state index is -0.234. The van der Waals surface area contributed by atoms with Crippen LogP contribution in [0.5, 0.6) is 0 Å². The van der Waals surface area contributed by atoms with Crippen molar-refractivity contribution in [1.82, 2.24) is 9.88 Å². The van der Waals surface area contributed by atoms with Gasteiger partial charge >= 0.3 is 5.97 Å². The number of halogens is 2. The SMILES string of the molecule is CCCCOC(=O)CC1CNC(=O)c2cc(Br)c(Br)n21. The predicted octanol–water partition coefficient (Wildman–Crippen LogP) is 3.03. The summed E-state index contributed by atoms with van der Waals surface area (Å²) in [6.45, 7) is 2.93. The number of carbonyl (C=O) groups excluding carboxylic acids is 2. The van der Waals surface area contributed by atoms with E-state index in [4.69, 9.17) is 4.74 Å². The number of carbonyl (C=O) groups is 2. The molecule has 0 aliphatic carbocycles. The summed E-state index contributed by atoms with van der Waals surface area (Å²) in [5.74, 6) is -0.366. The lowest BCUT2D eigenvalue weighted by Gasteiger charge is -2.26. The number of ether oxygens (including phenoxy) is 1. The zero-order valence-electron chi connectivity index (χ0n) is 11.1. The Bertz CT molecular complexity index is 528. The van der Waals surface area contributed by atoms with E-state index in [1.165, 1.54) is 0 Å². The molecule has 1 unspecified atom stereocenters. The standard InChI is InChI=1S/C13H16Br2N2O3/c1-2-3-4-20-11(18)5-8-7-16-13(19)10-6-9(14)12(15)17(8)10/h6,8H,2-5,7H2,1H3,(H,16,19). The fourth-order valence-corrected chi connectivity index (χ4v) is 3.14. The van der Waals surface area contributed by atoms with Crippen molar-refractivity contribution in [2.24, 2.45) is 0 Å². The maximum Gasteiger partial charge on any atom is 0.307 e. The Balaban J connectivity index is 2.09. The van der Waals surface area contributed by atoms with Gasteiger partial charge in [0, 0.05) is 6.54 Å². The molecule has 2 rings (SSSR count). The van der Waals surface area contributed by atoms with Gasteiger partial charge in [-0.25, -0.2) is 0 Å². The van der Waals surface area contributed by atoms with Gasteiger partial charge in [-0.05, 0) is 44.3 Å². The highest BCUT2D eigenvalue weighted by molar-refractivity contribution is 9.13. The molecule has 5 nitrogen and oxygen atoms in total. The monoisotopic (exact) mass is 406 g/mol. The van der Waals surface area contributed by atoms with Gasteiger partial charge in [0.25, 0.3) is 5.91 Å². The van der Waals surface area contributed by atoms with E-state index < -0.39 is 0 Å². The number of fused-ring (bicyclic) bond motifs is 1. The summed E-state index contributed by atoms with van der Waals surface area (Å²) in [5, 5.41) is 2.79. The van der Waals surface area contributed by atoms with Crippen molar-refractivity contribution in [3.63, 3.8) is 0 Å². The van der Waals surface area contributed by atoms with Crippen LogP contribution >= 0.6 is 31.9 Å². The third kappa shape index (κ3) is 3.25. The van der Waals surface area contributed by atoms with Crippen molar-refractivity contribution < 1.29 is 14.3 Å². The molecule has 7 heteroatoms. The molecule has 1 aliphatic rings. The van der Waals surface area contributed by atoms with Crippen molar-refractivity contribution in [2.45, 2.75) is 32.2 Å². The lowest BCUT2D eigenvalue weighted by molar-refractivity contribution is -0.144. The minimum absolute atomic E-state index is 0.127. The molecule has 0 radical (unpaired) electrons. The largest absolute Gasteiger partial charge is 0.466 e. The number of unbranched alkanes of at least 4 members (excludes halogenated alkanes) is 1. The Morgan fingerprint density at radius 3 is 3.00 bits per heavy atom. The van der Waals surface area contributed by atoms with Crippen LogP contribution in [0.15, 0.2) is 15.1 Å². The lowest BCUT2D eigenvalue weighted by Crippen LogP contribution is -2.39. The number of nitrogens with zero attached hydrogens (tertiary/aromatic N) is 1. The molecule has 110 valence electrons. The van der Waals surface area contributed by atoms with Crippen molar-refractivity contribution in [3.8, 4) is 0 Å². The summed E-state index contributed by atoms with van der Waals surface area (Å²) in [7, 11) is 0. The number of hydrogen-bond donors (Lipinski definition) is 1. The molecule has 20 heavy (non-hydrogen) atoms. The molecular weight excluding hydrogens is 392 g/mol. The van der Waals surface area contributed by atoms with E-state index in [0.717, 1.165) is 21.9 Å². The fourth-order valence-electron chi connectivity index (χ4n) is 2.14. The molecule has 0 saturated carbocycles. The van der Waals surface area contributed by atoms with Gasteiger partial charge in [0.05, 0.1) is 28.1 Å². The number of nitrogens with one attached hydrogen (secondary N) is 1. The fraction of sp³-hybridized carbons (Fsp3) is 0.538. The van der Waals surface area contributed by atoms with Crippen LogP contribution in [0.1, 0.15) is 42.7 Å². The number of aromatic nitrogens is 1. The molecule has 0 spiro atoms. The number of esters is 1. The average Bonchev–Trinajstić information content (AvgIpc) is 2.71. The van der Waals surface area contributed by atoms with Gasteiger partial charge in [0.1, 0.15) is 5.69 Å². The van der Waals surface area contributed by atoms with E-state index in [1.54, 1.807) is 6.07 Å². The van der Waals surface area contributed by atoms with Gasteiger partial charge < -0.3 is 14.6 Å². The van der Waals surface area contributed by atoms with E-state index in [1.807, 2.05) is 11.5 Å². The summed E-state index contributed by atoms with van der Waals surface area (Å²) < 4.78 is 8.59. The van der Waals surface area contributed by atoms with E-state index in [2.05, 4.69) is 37.2 Å². The van der Waals surface area contributed by atoms with Gasteiger partial charge in [-0.15, -0.1) is 0 Å². The summed E-state index contributed by atoms with van der Waals surface area (Å²) in [6, 6.07) is 1.62. The Hall–Kier alpha value is -0.820. The second kappa shape index (κ2) is 6.76. The highest BCUT2D eigenvalue weighted by Gasteiger charge is 2.30. The maximum absolute atomic E-state index is 11.8. The van der Waals surface area contributed by atoms with Crippen LogP contribution in [0.2, 0.25) is 0 Å². The molecule has 0 bridgehead atoms. The van der Waals surface area contributed by atoms with Crippen molar-refractivity contribution >= 4 is 43.7 Å². The first-order chi connectivity index (χ1) is 9.54. The molecule has 0 aromatic carbocycles. The minimum Gasteiger partial charge on any atom is -0.466 e. The topological polar surface area (TPSA) is 60.3 Å². The summed E-state index contributed by atoms with van der Waals surface area (Å²) in [5.41, 5.74) is 0.543. The lowest BCUT2D eigenvalue weighted by atomic mass is 10.1. The van der Waals surface area contributed by atoms with Gasteiger partial charge in [-0.1, -0.05) is 13.3 Å². The zero-order valence-corrected chi connectivity index (χ0v) is 14.3.